The van der Waals surface area contributed by atoms with Gasteiger partial charge in [-0.15, -0.1) is 0 Å². The molecule has 19 heavy (non-hydrogen) atoms. The molecule has 2 aromatic carbocycles. The van der Waals surface area contributed by atoms with Crippen LogP contribution < -0.4 is 5.73 Å². The Labute approximate surface area is 116 Å². The Morgan fingerprint density at radius 2 is 1.84 bits per heavy atom. The lowest BCUT2D eigenvalue weighted by atomic mass is 9.96. The van der Waals surface area contributed by atoms with Crippen LogP contribution >= 0.6 is 11.6 Å². The second-order valence-electron chi connectivity index (χ2n) is 4.52. The van der Waals surface area contributed by atoms with Gasteiger partial charge in [0, 0.05) is 10.4 Å². The Hall–Kier alpha value is -2.06. The molecule has 0 unspecified atom stereocenters. The topological polar surface area (TPSA) is 38.9 Å². The van der Waals surface area contributed by atoms with E-state index in [-0.39, 0.29) is 0 Å². The molecule has 0 bridgehead atoms. The molecule has 3 aromatic rings. The van der Waals surface area contributed by atoms with Crippen molar-refractivity contribution in [1.29, 1.82) is 0 Å². The molecule has 94 valence electrons. The number of halogens is 1. The molecule has 0 radical (unpaired) electrons. The molecule has 0 aliphatic carbocycles. The lowest BCUT2D eigenvalue weighted by Crippen LogP contribution is -1.98. The van der Waals surface area contributed by atoms with Crippen molar-refractivity contribution in [3.05, 3.63) is 59.1 Å². The van der Waals surface area contributed by atoms with Crippen LogP contribution in [0.15, 0.2) is 48.5 Å². The summed E-state index contributed by atoms with van der Waals surface area (Å²) in [6.45, 7) is 1.99. The van der Waals surface area contributed by atoms with Crippen molar-refractivity contribution in [2.45, 2.75) is 6.92 Å². The largest absolute Gasteiger partial charge is 0.383 e. The average molecular weight is 269 g/mol. The minimum atomic E-state index is 0.564. The van der Waals surface area contributed by atoms with E-state index in [1.807, 2.05) is 49.4 Å². The van der Waals surface area contributed by atoms with Gasteiger partial charge in [-0.05, 0) is 41.8 Å². The third kappa shape index (κ3) is 2.04. The van der Waals surface area contributed by atoms with Gasteiger partial charge in [-0.3, -0.25) is 0 Å². The van der Waals surface area contributed by atoms with E-state index >= 15 is 0 Å². The van der Waals surface area contributed by atoms with Gasteiger partial charge in [-0.2, -0.15) is 0 Å². The molecular weight excluding hydrogens is 256 g/mol. The summed E-state index contributed by atoms with van der Waals surface area (Å²) in [5.74, 6) is 0.564. The lowest BCUT2D eigenvalue weighted by Gasteiger charge is -2.12. The van der Waals surface area contributed by atoms with Crippen LogP contribution in [-0.2, 0) is 0 Å². The SMILES string of the molecule is Cc1c(N)nc2ccccc2c1-c1cccc(Cl)c1. The molecule has 0 fully saturated rings. The summed E-state index contributed by atoms with van der Waals surface area (Å²) in [6.07, 6.45) is 0. The first-order chi connectivity index (χ1) is 9.16. The second-order valence-corrected chi connectivity index (χ2v) is 4.96. The van der Waals surface area contributed by atoms with Crippen LogP contribution in [-0.4, -0.2) is 4.98 Å². The number of nitrogen functional groups attached to an aromatic ring is 1. The summed E-state index contributed by atoms with van der Waals surface area (Å²) < 4.78 is 0. The van der Waals surface area contributed by atoms with Crippen molar-refractivity contribution < 1.29 is 0 Å². The number of nitrogens with two attached hydrogens (primary N) is 1. The molecule has 2 N–H and O–H groups in total. The average Bonchev–Trinajstić information content (AvgIpc) is 2.40. The highest BCUT2D eigenvalue weighted by atomic mass is 35.5. The first-order valence-electron chi connectivity index (χ1n) is 6.07. The van der Waals surface area contributed by atoms with Crippen LogP contribution in [0.4, 0.5) is 5.82 Å². The maximum atomic E-state index is 6.09. The standard InChI is InChI=1S/C16H13ClN2/c1-10-15(11-5-4-6-12(17)9-11)13-7-2-3-8-14(13)19-16(10)18/h2-9H,1H3,(H2,18,19). The minimum absolute atomic E-state index is 0.564. The van der Waals surface area contributed by atoms with Crippen LogP contribution in [0.25, 0.3) is 22.0 Å². The highest BCUT2D eigenvalue weighted by molar-refractivity contribution is 6.31. The minimum Gasteiger partial charge on any atom is -0.383 e. The van der Waals surface area contributed by atoms with E-state index in [4.69, 9.17) is 17.3 Å². The molecule has 3 heteroatoms. The Morgan fingerprint density at radius 3 is 2.63 bits per heavy atom. The number of rotatable bonds is 1. The number of fused-ring (bicyclic) bond motifs is 1. The van der Waals surface area contributed by atoms with Crippen LogP contribution in [0.5, 0.6) is 0 Å². The van der Waals surface area contributed by atoms with Gasteiger partial charge in [0.2, 0.25) is 0 Å². The molecule has 0 aliphatic rings. The zero-order valence-electron chi connectivity index (χ0n) is 10.5. The number of nitrogens with zero attached hydrogens (tertiary/aromatic N) is 1. The number of hydrogen-bond acceptors (Lipinski definition) is 2. The molecular formula is C16H13ClN2. The van der Waals surface area contributed by atoms with Gasteiger partial charge in [0.25, 0.3) is 0 Å². The Balaban J connectivity index is 2.42. The first kappa shape index (κ1) is 12.0. The van der Waals surface area contributed by atoms with Gasteiger partial charge < -0.3 is 5.73 Å². The van der Waals surface area contributed by atoms with Crippen molar-refractivity contribution in [2.24, 2.45) is 0 Å². The van der Waals surface area contributed by atoms with Crippen LogP contribution in [0.2, 0.25) is 5.02 Å². The van der Waals surface area contributed by atoms with E-state index in [1.165, 1.54) is 0 Å². The van der Waals surface area contributed by atoms with Crippen molar-refractivity contribution >= 4 is 28.3 Å². The smallest absolute Gasteiger partial charge is 0.127 e. The Morgan fingerprint density at radius 1 is 1.05 bits per heavy atom. The lowest BCUT2D eigenvalue weighted by molar-refractivity contribution is 1.34. The third-order valence-electron chi connectivity index (χ3n) is 3.29. The fourth-order valence-corrected chi connectivity index (χ4v) is 2.53. The Kier molecular flexibility index (Phi) is 2.88. The maximum absolute atomic E-state index is 6.09. The van der Waals surface area contributed by atoms with Crippen LogP contribution in [0.1, 0.15) is 5.56 Å². The fraction of sp³-hybridized carbons (Fsp3) is 0.0625. The first-order valence-corrected chi connectivity index (χ1v) is 6.45. The van der Waals surface area contributed by atoms with Crippen molar-refractivity contribution in [2.75, 3.05) is 5.73 Å². The number of hydrogen-bond donors (Lipinski definition) is 1. The van der Waals surface area contributed by atoms with Gasteiger partial charge in [0.05, 0.1) is 5.52 Å². The van der Waals surface area contributed by atoms with E-state index in [2.05, 4.69) is 11.1 Å². The van der Waals surface area contributed by atoms with E-state index < -0.39 is 0 Å². The highest BCUT2D eigenvalue weighted by Gasteiger charge is 2.11. The van der Waals surface area contributed by atoms with Crippen molar-refractivity contribution in [3.63, 3.8) is 0 Å². The van der Waals surface area contributed by atoms with Gasteiger partial charge in [-0.1, -0.05) is 41.9 Å². The summed E-state index contributed by atoms with van der Waals surface area (Å²) >= 11 is 6.09. The van der Waals surface area contributed by atoms with Crippen LogP contribution in [0.3, 0.4) is 0 Å². The Bertz CT molecular complexity index is 766. The van der Waals surface area contributed by atoms with E-state index in [1.54, 1.807) is 0 Å². The molecule has 1 heterocycles. The molecule has 0 atom stereocenters. The van der Waals surface area contributed by atoms with E-state index in [9.17, 15) is 0 Å². The molecule has 3 rings (SSSR count). The number of benzene rings is 2. The highest BCUT2D eigenvalue weighted by Crippen LogP contribution is 2.34. The summed E-state index contributed by atoms with van der Waals surface area (Å²) in [5, 5.41) is 1.81. The van der Waals surface area contributed by atoms with Gasteiger partial charge >= 0.3 is 0 Å². The monoisotopic (exact) mass is 268 g/mol. The van der Waals surface area contributed by atoms with Crippen molar-refractivity contribution in [3.8, 4) is 11.1 Å². The molecule has 2 nitrogen and oxygen atoms in total. The number of aromatic nitrogens is 1. The maximum Gasteiger partial charge on any atom is 0.127 e. The molecule has 0 amide bonds. The second kappa shape index (κ2) is 4.56. The molecule has 0 aliphatic heterocycles. The normalized spacial score (nSPS) is 10.8. The quantitative estimate of drug-likeness (QED) is 0.708. The molecule has 0 spiro atoms. The molecule has 0 saturated carbocycles. The van der Waals surface area contributed by atoms with Gasteiger partial charge in [0.15, 0.2) is 0 Å². The molecule has 0 saturated heterocycles. The van der Waals surface area contributed by atoms with E-state index in [0.29, 0.717) is 5.82 Å². The van der Waals surface area contributed by atoms with Gasteiger partial charge in [-0.25, -0.2) is 4.98 Å². The number of pyridine rings is 1. The summed E-state index contributed by atoms with van der Waals surface area (Å²) in [6, 6.07) is 15.8. The number of para-hydroxylation sites is 1. The zero-order chi connectivity index (χ0) is 13.4. The third-order valence-corrected chi connectivity index (χ3v) is 3.52. The molecule has 1 aromatic heterocycles. The predicted octanol–water partition coefficient (Wildman–Crippen LogP) is 4.45. The fourth-order valence-electron chi connectivity index (χ4n) is 2.34. The van der Waals surface area contributed by atoms with Gasteiger partial charge in [0.1, 0.15) is 5.82 Å². The summed E-state index contributed by atoms with van der Waals surface area (Å²) in [5.41, 5.74) is 10.1. The van der Waals surface area contributed by atoms with E-state index in [0.717, 1.165) is 32.6 Å². The number of anilines is 1. The van der Waals surface area contributed by atoms with Crippen LogP contribution in [0, 0.1) is 6.92 Å². The summed E-state index contributed by atoms with van der Waals surface area (Å²) in [4.78, 5) is 4.43. The zero-order valence-corrected chi connectivity index (χ0v) is 11.3. The van der Waals surface area contributed by atoms with Crippen molar-refractivity contribution in [1.82, 2.24) is 4.98 Å². The summed E-state index contributed by atoms with van der Waals surface area (Å²) in [7, 11) is 0. The predicted molar refractivity (Wildman–Crippen MR) is 81.3 cm³/mol.